The van der Waals surface area contributed by atoms with Gasteiger partial charge in [0.1, 0.15) is 5.82 Å². The van der Waals surface area contributed by atoms with E-state index in [4.69, 9.17) is 9.97 Å². The molecule has 2 heterocycles. The van der Waals surface area contributed by atoms with Crippen molar-refractivity contribution in [3.05, 3.63) is 11.3 Å². The minimum absolute atomic E-state index is 0.874. The molecular weight excluding hydrogens is 238 g/mol. The summed E-state index contributed by atoms with van der Waals surface area (Å²) in [5, 5.41) is 3.37. The number of nitrogens with zero attached hydrogens (tertiary/aromatic N) is 4. The van der Waals surface area contributed by atoms with Gasteiger partial charge < -0.3 is 15.1 Å². The van der Waals surface area contributed by atoms with Crippen LogP contribution in [0.3, 0.4) is 0 Å². The van der Waals surface area contributed by atoms with Crippen LogP contribution >= 0.6 is 0 Å². The molecule has 0 unspecified atom stereocenters. The second-order valence-electron chi connectivity index (χ2n) is 5.11. The summed E-state index contributed by atoms with van der Waals surface area (Å²) in [6.07, 6.45) is 0.969. The molecule has 0 aliphatic carbocycles. The van der Waals surface area contributed by atoms with Crippen LogP contribution in [0, 0.1) is 6.92 Å². The van der Waals surface area contributed by atoms with Crippen molar-refractivity contribution < 1.29 is 0 Å². The number of nitrogens with one attached hydrogen (secondary N) is 1. The van der Waals surface area contributed by atoms with Crippen molar-refractivity contribution in [1.82, 2.24) is 14.9 Å². The Labute approximate surface area is 116 Å². The van der Waals surface area contributed by atoms with E-state index in [0.717, 1.165) is 56.6 Å². The topological polar surface area (TPSA) is 44.3 Å². The van der Waals surface area contributed by atoms with Gasteiger partial charge in [-0.25, -0.2) is 4.98 Å². The molecule has 106 valence electrons. The Kier molecular flexibility index (Phi) is 4.58. The van der Waals surface area contributed by atoms with E-state index in [0.29, 0.717) is 0 Å². The molecule has 1 N–H and O–H groups in total. The summed E-state index contributed by atoms with van der Waals surface area (Å²) in [6, 6.07) is 0. The fraction of sp³-hybridized carbons (Fsp3) is 0.714. The van der Waals surface area contributed by atoms with Crippen molar-refractivity contribution in [2.24, 2.45) is 0 Å². The SMILES string of the molecule is CCNc1nc(N2CCN(C)CC2)nc(C)c1CC. The van der Waals surface area contributed by atoms with Crippen LogP contribution in [0.25, 0.3) is 0 Å². The minimum atomic E-state index is 0.874. The van der Waals surface area contributed by atoms with Crippen molar-refractivity contribution in [2.75, 3.05) is 50.0 Å². The molecule has 0 aromatic carbocycles. The van der Waals surface area contributed by atoms with Gasteiger partial charge in [-0.1, -0.05) is 6.92 Å². The van der Waals surface area contributed by atoms with E-state index in [1.54, 1.807) is 0 Å². The zero-order valence-electron chi connectivity index (χ0n) is 12.5. The van der Waals surface area contributed by atoms with Crippen LogP contribution in [0.15, 0.2) is 0 Å². The molecule has 1 saturated heterocycles. The van der Waals surface area contributed by atoms with Crippen LogP contribution in [0.1, 0.15) is 25.1 Å². The maximum atomic E-state index is 4.73. The Bertz CT molecular complexity index is 424. The fourth-order valence-corrected chi connectivity index (χ4v) is 2.47. The number of likely N-dealkylation sites (N-methyl/N-ethyl adjacent to an activating group) is 1. The van der Waals surface area contributed by atoms with Crippen LogP contribution < -0.4 is 10.2 Å². The first-order chi connectivity index (χ1) is 9.15. The van der Waals surface area contributed by atoms with Crippen molar-refractivity contribution in [3.63, 3.8) is 0 Å². The van der Waals surface area contributed by atoms with E-state index in [1.165, 1.54) is 5.56 Å². The van der Waals surface area contributed by atoms with Gasteiger partial charge in [-0.15, -0.1) is 0 Å². The molecular formula is C14H25N5. The largest absolute Gasteiger partial charge is 0.370 e. The molecule has 0 radical (unpaired) electrons. The molecule has 1 fully saturated rings. The molecule has 1 aliphatic heterocycles. The molecule has 0 saturated carbocycles. The third-order valence-electron chi connectivity index (χ3n) is 3.69. The molecule has 0 bridgehead atoms. The first-order valence-corrected chi connectivity index (χ1v) is 7.20. The molecule has 19 heavy (non-hydrogen) atoms. The predicted octanol–water partition coefficient (Wildman–Crippen LogP) is 1.53. The zero-order chi connectivity index (χ0) is 13.8. The summed E-state index contributed by atoms with van der Waals surface area (Å²) in [5.41, 5.74) is 2.34. The number of rotatable bonds is 4. The minimum Gasteiger partial charge on any atom is -0.370 e. The van der Waals surface area contributed by atoms with Gasteiger partial charge in [0, 0.05) is 44.0 Å². The quantitative estimate of drug-likeness (QED) is 0.892. The maximum absolute atomic E-state index is 4.73. The molecule has 0 spiro atoms. The van der Waals surface area contributed by atoms with Gasteiger partial charge in [-0.05, 0) is 27.3 Å². The lowest BCUT2D eigenvalue weighted by Crippen LogP contribution is -2.45. The van der Waals surface area contributed by atoms with Gasteiger partial charge in [0.05, 0.1) is 0 Å². The van der Waals surface area contributed by atoms with Crippen molar-refractivity contribution in [2.45, 2.75) is 27.2 Å². The van der Waals surface area contributed by atoms with Crippen molar-refractivity contribution in [3.8, 4) is 0 Å². The van der Waals surface area contributed by atoms with Gasteiger partial charge >= 0.3 is 0 Å². The summed E-state index contributed by atoms with van der Waals surface area (Å²) in [4.78, 5) is 14.0. The van der Waals surface area contributed by atoms with Gasteiger partial charge in [-0.2, -0.15) is 4.98 Å². The van der Waals surface area contributed by atoms with E-state index < -0.39 is 0 Å². The number of piperazine rings is 1. The second-order valence-corrected chi connectivity index (χ2v) is 5.11. The first-order valence-electron chi connectivity index (χ1n) is 7.20. The monoisotopic (exact) mass is 263 g/mol. The summed E-state index contributed by atoms with van der Waals surface area (Å²) in [7, 11) is 2.16. The van der Waals surface area contributed by atoms with E-state index in [1.807, 2.05) is 0 Å². The maximum Gasteiger partial charge on any atom is 0.227 e. The normalized spacial score (nSPS) is 16.7. The van der Waals surface area contributed by atoms with Crippen LogP contribution in [0.2, 0.25) is 0 Å². The average molecular weight is 263 g/mol. The fourth-order valence-electron chi connectivity index (χ4n) is 2.47. The Morgan fingerprint density at radius 3 is 2.37 bits per heavy atom. The molecule has 1 aromatic heterocycles. The van der Waals surface area contributed by atoms with Crippen LogP contribution in [-0.2, 0) is 6.42 Å². The summed E-state index contributed by atoms with van der Waals surface area (Å²) in [5.74, 6) is 1.88. The van der Waals surface area contributed by atoms with E-state index in [-0.39, 0.29) is 0 Å². The third-order valence-corrected chi connectivity index (χ3v) is 3.69. The molecule has 0 atom stereocenters. The second kappa shape index (κ2) is 6.19. The van der Waals surface area contributed by atoms with Gasteiger partial charge in [0.25, 0.3) is 0 Å². The van der Waals surface area contributed by atoms with Crippen LogP contribution in [0.5, 0.6) is 0 Å². The number of anilines is 2. The van der Waals surface area contributed by atoms with Gasteiger partial charge in [0.15, 0.2) is 0 Å². The third kappa shape index (κ3) is 3.15. The average Bonchev–Trinajstić information content (AvgIpc) is 2.39. The summed E-state index contributed by atoms with van der Waals surface area (Å²) in [6.45, 7) is 11.4. The van der Waals surface area contributed by atoms with E-state index >= 15 is 0 Å². The lowest BCUT2D eigenvalue weighted by atomic mass is 10.1. The lowest BCUT2D eigenvalue weighted by Gasteiger charge is -2.32. The number of aryl methyl sites for hydroxylation is 1. The Morgan fingerprint density at radius 2 is 1.79 bits per heavy atom. The Morgan fingerprint density at radius 1 is 1.11 bits per heavy atom. The van der Waals surface area contributed by atoms with E-state index in [9.17, 15) is 0 Å². The standard InChI is InChI=1S/C14H25N5/c1-5-12-11(3)16-14(17-13(12)15-6-2)19-9-7-18(4)8-10-19/h5-10H2,1-4H3,(H,15,16,17). The lowest BCUT2D eigenvalue weighted by molar-refractivity contribution is 0.311. The summed E-state index contributed by atoms with van der Waals surface area (Å²) >= 11 is 0. The van der Waals surface area contributed by atoms with Crippen LogP contribution in [-0.4, -0.2) is 54.6 Å². The highest BCUT2D eigenvalue weighted by atomic mass is 15.3. The predicted molar refractivity (Wildman–Crippen MR) is 80.0 cm³/mol. The molecule has 0 amide bonds. The number of aromatic nitrogens is 2. The molecule has 5 heteroatoms. The number of hydrogen-bond acceptors (Lipinski definition) is 5. The highest BCUT2D eigenvalue weighted by Gasteiger charge is 2.18. The zero-order valence-corrected chi connectivity index (χ0v) is 12.5. The van der Waals surface area contributed by atoms with Crippen LogP contribution in [0.4, 0.5) is 11.8 Å². The highest BCUT2D eigenvalue weighted by molar-refractivity contribution is 5.51. The Hall–Kier alpha value is -1.36. The molecule has 5 nitrogen and oxygen atoms in total. The molecule has 1 aromatic rings. The molecule has 1 aliphatic rings. The summed E-state index contributed by atoms with van der Waals surface area (Å²) < 4.78 is 0. The van der Waals surface area contributed by atoms with Gasteiger partial charge in [0.2, 0.25) is 5.95 Å². The van der Waals surface area contributed by atoms with Crippen molar-refractivity contribution in [1.29, 1.82) is 0 Å². The highest BCUT2D eigenvalue weighted by Crippen LogP contribution is 2.21. The smallest absolute Gasteiger partial charge is 0.227 e. The Balaban J connectivity index is 2.26. The molecule has 2 rings (SSSR count). The van der Waals surface area contributed by atoms with E-state index in [2.05, 4.69) is 42.9 Å². The van der Waals surface area contributed by atoms with Gasteiger partial charge in [-0.3, -0.25) is 0 Å². The van der Waals surface area contributed by atoms with Crippen molar-refractivity contribution >= 4 is 11.8 Å². The first kappa shape index (κ1) is 14.1. The number of hydrogen-bond donors (Lipinski definition) is 1.